The fourth-order valence-corrected chi connectivity index (χ4v) is 2.07. The van der Waals surface area contributed by atoms with Crippen molar-refractivity contribution in [3.63, 3.8) is 0 Å². The summed E-state index contributed by atoms with van der Waals surface area (Å²) < 4.78 is 0. The van der Waals surface area contributed by atoms with Crippen molar-refractivity contribution in [1.29, 1.82) is 0 Å². The van der Waals surface area contributed by atoms with Gasteiger partial charge in [-0.3, -0.25) is 0 Å². The van der Waals surface area contributed by atoms with Gasteiger partial charge in [0.05, 0.1) is 11.6 Å². The molecule has 2 atom stereocenters. The SMILES string of the molecule is N[C@@H]1CCCC[C@@H]1NOC(=O)c1ccccc1. The Labute approximate surface area is 101 Å². The highest BCUT2D eigenvalue weighted by Crippen LogP contribution is 2.16. The Hall–Kier alpha value is -1.39. The molecule has 17 heavy (non-hydrogen) atoms. The first kappa shape index (κ1) is 12.1. The molecule has 0 heterocycles. The van der Waals surface area contributed by atoms with Gasteiger partial charge in [-0.25, -0.2) is 4.79 Å². The Kier molecular flexibility index (Phi) is 4.12. The zero-order valence-corrected chi connectivity index (χ0v) is 9.76. The molecule has 0 aliphatic heterocycles. The minimum absolute atomic E-state index is 0.0762. The summed E-state index contributed by atoms with van der Waals surface area (Å²) in [6.45, 7) is 0. The predicted molar refractivity (Wildman–Crippen MR) is 65.2 cm³/mol. The summed E-state index contributed by atoms with van der Waals surface area (Å²) in [6.07, 6.45) is 4.24. The summed E-state index contributed by atoms with van der Waals surface area (Å²) in [4.78, 5) is 16.7. The van der Waals surface area contributed by atoms with Crippen LogP contribution in [0.4, 0.5) is 0 Å². The third-order valence-corrected chi connectivity index (χ3v) is 3.13. The topological polar surface area (TPSA) is 64.3 Å². The molecule has 3 N–H and O–H groups in total. The Morgan fingerprint density at radius 3 is 2.65 bits per heavy atom. The van der Waals surface area contributed by atoms with Gasteiger partial charge in [-0.2, -0.15) is 0 Å². The standard InChI is InChI=1S/C13H18N2O2/c14-11-8-4-5-9-12(11)15-17-13(16)10-6-2-1-3-7-10/h1-3,6-7,11-12,15H,4-5,8-9,14H2/t11-,12+/m1/s1. The van der Waals surface area contributed by atoms with Gasteiger partial charge in [-0.05, 0) is 25.0 Å². The second-order valence-electron chi connectivity index (χ2n) is 4.43. The molecule has 0 saturated heterocycles. The van der Waals surface area contributed by atoms with Crippen LogP contribution in [0.2, 0.25) is 0 Å². The van der Waals surface area contributed by atoms with E-state index in [-0.39, 0.29) is 18.1 Å². The molecule has 0 aromatic heterocycles. The molecular formula is C13H18N2O2. The summed E-state index contributed by atoms with van der Waals surface area (Å²) in [5.74, 6) is -0.358. The van der Waals surface area contributed by atoms with E-state index < -0.39 is 0 Å². The molecule has 0 bridgehead atoms. The summed E-state index contributed by atoms with van der Waals surface area (Å²) >= 11 is 0. The van der Waals surface area contributed by atoms with Crippen LogP contribution in [0.15, 0.2) is 30.3 Å². The van der Waals surface area contributed by atoms with E-state index in [9.17, 15) is 4.79 Å². The van der Waals surface area contributed by atoms with Crippen molar-refractivity contribution in [2.45, 2.75) is 37.8 Å². The molecule has 0 radical (unpaired) electrons. The molecule has 1 aromatic rings. The second-order valence-corrected chi connectivity index (χ2v) is 4.43. The molecule has 1 saturated carbocycles. The maximum absolute atomic E-state index is 11.7. The Morgan fingerprint density at radius 2 is 1.94 bits per heavy atom. The van der Waals surface area contributed by atoms with Crippen molar-refractivity contribution in [3.05, 3.63) is 35.9 Å². The summed E-state index contributed by atoms with van der Waals surface area (Å²) in [5, 5.41) is 0. The first-order valence-corrected chi connectivity index (χ1v) is 6.04. The van der Waals surface area contributed by atoms with Crippen LogP contribution in [0.5, 0.6) is 0 Å². The van der Waals surface area contributed by atoms with Crippen LogP contribution in [0.3, 0.4) is 0 Å². The summed E-state index contributed by atoms with van der Waals surface area (Å²) in [5.41, 5.74) is 9.29. The fourth-order valence-electron chi connectivity index (χ4n) is 2.07. The Balaban J connectivity index is 1.84. The Morgan fingerprint density at radius 1 is 1.24 bits per heavy atom. The molecule has 2 rings (SSSR count). The van der Waals surface area contributed by atoms with Crippen LogP contribution in [0.1, 0.15) is 36.0 Å². The van der Waals surface area contributed by atoms with E-state index in [1.807, 2.05) is 18.2 Å². The molecule has 92 valence electrons. The average molecular weight is 234 g/mol. The molecule has 1 fully saturated rings. The molecular weight excluding hydrogens is 216 g/mol. The number of hydroxylamine groups is 1. The summed E-state index contributed by atoms with van der Waals surface area (Å²) in [7, 11) is 0. The normalized spacial score (nSPS) is 24.3. The van der Waals surface area contributed by atoms with Crippen molar-refractivity contribution < 1.29 is 9.63 Å². The number of carbonyl (C=O) groups is 1. The van der Waals surface area contributed by atoms with E-state index in [4.69, 9.17) is 10.6 Å². The van der Waals surface area contributed by atoms with E-state index >= 15 is 0 Å². The Bertz CT molecular complexity index is 367. The number of hydrogen-bond donors (Lipinski definition) is 2. The molecule has 4 heteroatoms. The zero-order chi connectivity index (χ0) is 12.1. The minimum atomic E-state index is -0.358. The zero-order valence-electron chi connectivity index (χ0n) is 9.76. The van der Waals surface area contributed by atoms with Gasteiger partial charge in [0.1, 0.15) is 0 Å². The van der Waals surface area contributed by atoms with Gasteiger partial charge in [-0.1, -0.05) is 31.0 Å². The van der Waals surface area contributed by atoms with Crippen LogP contribution in [-0.4, -0.2) is 18.1 Å². The lowest BCUT2D eigenvalue weighted by molar-refractivity contribution is 0.00879. The van der Waals surface area contributed by atoms with Gasteiger partial charge in [0.25, 0.3) is 0 Å². The van der Waals surface area contributed by atoms with E-state index in [1.165, 1.54) is 0 Å². The molecule has 4 nitrogen and oxygen atoms in total. The lowest BCUT2D eigenvalue weighted by Gasteiger charge is -2.28. The maximum atomic E-state index is 11.7. The van der Waals surface area contributed by atoms with E-state index in [2.05, 4.69) is 5.48 Å². The van der Waals surface area contributed by atoms with Gasteiger partial charge in [-0.15, -0.1) is 5.48 Å². The number of nitrogens with one attached hydrogen (secondary N) is 1. The van der Waals surface area contributed by atoms with Crippen LogP contribution in [0.25, 0.3) is 0 Å². The number of nitrogens with two attached hydrogens (primary N) is 1. The van der Waals surface area contributed by atoms with Gasteiger partial charge < -0.3 is 10.6 Å². The van der Waals surface area contributed by atoms with Gasteiger partial charge in [0.15, 0.2) is 0 Å². The van der Waals surface area contributed by atoms with E-state index in [0.29, 0.717) is 5.56 Å². The third kappa shape index (κ3) is 3.28. The van der Waals surface area contributed by atoms with Crippen molar-refractivity contribution in [1.82, 2.24) is 5.48 Å². The first-order chi connectivity index (χ1) is 8.27. The van der Waals surface area contributed by atoms with E-state index in [1.54, 1.807) is 12.1 Å². The first-order valence-electron chi connectivity index (χ1n) is 6.04. The number of rotatable bonds is 3. The average Bonchev–Trinajstić information content (AvgIpc) is 2.38. The maximum Gasteiger partial charge on any atom is 0.356 e. The van der Waals surface area contributed by atoms with Crippen LogP contribution in [-0.2, 0) is 4.84 Å². The van der Waals surface area contributed by atoms with Gasteiger partial charge in [0, 0.05) is 6.04 Å². The van der Waals surface area contributed by atoms with Crippen molar-refractivity contribution in [2.24, 2.45) is 5.73 Å². The number of hydrogen-bond acceptors (Lipinski definition) is 4. The monoisotopic (exact) mass is 234 g/mol. The quantitative estimate of drug-likeness (QED) is 0.780. The third-order valence-electron chi connectivity index (χ3n) is 3.13. The fraction of sp³-hybridized carbons (Fsp3) is 0.462. The van der Waals surface area contributed by atoms with Crippen LogP contribution < -0.4 is 11.2 Å². The van der Waals surface area contributed by atoms with E-state index in [0.717, 1.165) is 25.7 Å². The highest BCUT2D eigenvalue weighted by atomic mass is 16.7. The lowest BCUT2D eigenvalue weighted by atomic mass is 9.92. The summed E-state index contributed by atoms with van der Waals surface area (Å²) in [6, 6.07) is 9.09. The highest BCUT2D eigenvalue weighted by molar-refractivity contribution is 5.89. The number of benzene rings is 1. The second kappa shape index (κ2) is 5.80. The van der Waals surface area contributed by atoms with Crippen molar-refractivity contribution in [3.8, 4) is 0 Å². The molecule has 1 aliphatic carbocycles. The number of carbonyl (C=O) groups excluding carboxylic acids is 1. The van der Waals surface area contributed by atoms with Crippen LogP contribution in [0, 0.1) is 0 Å². The predicted octanol–water partition coefficient (Wildman–Crippen LogP) is 1.62. The highest BCUT2D eigenvalue weighted by Gasteiger charge is 2.23. The molecule has 0 spiro atoms. The van der Waals surface area contributed by atoms with Crippen molar-refractivity contribution in [2.75, 3.05) is 0 Å². The van der Waals surface area contributed by atoms with Crippen molar-refractivity contribution >= 4 is 5.97 Å². The molecule has 0 amide bonds. The smallest absolute Gasteiger partial charge is 0.356 e. The largest absolute Gasteiger partial charge is 0.366 e. The van der Waals surface area contributed by atoms with Gasteiger partial charge in [0.2, 0.25) is 0 Å². The molecule has 1 aliphatic rings. The molecule has 1 aromatic carbocycles. The van der Waals surface area contributed by atoms with Gasteiger partial charge >= 0.3 is 5.97 Å². The van der Waals surface area contributed by atoms with Crippen LogP contribution >= 0.6 is 0 Å². The minimum Gasteiger partial charge on any atom is -0.366 e. The molecule has 0 unspecified atom stereocenters. The lowest BCUT2D eigenvalue weighted by Crippen LogP contribution is -2.47.